The molecular weight excluding hydrogens is 216 g/mol. The summed E-state index contributed by atoms with van der Waals surface area (Å²) in [6.45, 7) is 4.27. The van der Waals surface area contributed by atoms with E-state index in [1.54, 1.807) is 0 Å². The molecule has 0 N–H and O–H groups in total. The van der Waals surface area contributed by atoms with Gasteiger partial charge in [0.1, 0.15) is 5.78 Å². The lowest BCUT2D eigenvalue weighted by atomic mass is 9.71. The van der Waals surface area contributed by atoms with E-state index in [1.165, 1.54) is 7.11 Å². The summed E-state index contributed by atoms with van der Waals surface area (Å²) in [6, 6.07) is 0. The van der Waals surface area contributed by atoms with Gasteiger partial charge in [-0.3, -0.25) is 9.59 Å². The first-order chi connectivity index (χ1) is 8.12. The van der Waals surface area contributed by atoms with E-state index in [0.29, 0.717) is 24.5 Å². The van der Waals surface area contributed by atoms with Crippen LogP contribution in [0.25, 0.3) is 0 Å². The Balaban J connectivity index is 2.55. The largest absolute Gasteiger partial charge is 0.469 e. The molecule has 0 radical (unpaired) electrons. The van der Waals surface area contributed by atoms with Gasteiger partial charge in [-0.25, -0.2) is 0 Å². The first-order valence-electron chi connectivity index (χ1n) is 6.72. The van der Waals surface area contributed by atoms with Gasteiger partial charge in [0.25, 0.3) is 0 Å². The van der Waals surface area contributed by atoms with Crippen molar-refractivity contribution in [3.63, 3.8) is 0 Å². The summed E-state index contributed by atoms with van der Waals surface area (Å²) in [6.07, 6.45) is 5.12. The Bertz CT molecular complexity index is 273. The summed E-state index contributed by atoms with van der Waals surface area (Å²) in [5.41, 5.74) is 0. The number of ketones is 1. The van der Waals surface area contributed by atoms with Crippen LogP contribution >= 0.6 is 0 Å². The second-order valence-electron chi connectivity index (χ2n) is 5.06. The van der Waals surface area contributed by atoms with Gasteiger partial charge in [0.15, 0.2) is 0 Å². The predicted octanol–water partition coefficient (Wildman–Crippen LogP) is 2.97. The van der Waals surface area contributed by atoms with E-state index >= 15 is 0 Å². The van der Waals surface area contributed by atoms with Crippen molar-refractivity contribution in [2.24, 2.45) is 17.8 Å². The lowest BCUT2D eigenvalue weighted by Crippen LogP contribution is -2.33. The van der Waals surface area contributed by atoms with E-state index in [-0.39, 0.29) is 17.8 Å². The van der Waals surface area contributed by atoms with Crippen LogP contribution in [0, 0.1) is 17.8 Å². The second kappa shape index (κ2) is 6.77. The molecule has 0 amide bonds. The number of ether oxygens (including phenoxy) is 1. The zero-order chi connectivity index (χ0) is 12.8. The Morgan fingerprint density at radius 3 is 2.41 bits per heavy atom. The van der Waals surface area contributed by atoms with Crippen LogP contribution in [0.15, 0.2) is 0 Å². The van der Waals surface area contributed by atoms with Gasteiger partial charge in [-0.05, 0) is 31.6 Å². The second-order valence-corrected chi connectivity index (χ2v) is 5.06. The van der Waals surface area contributed by atoms with E-state index in [4.69, 9.17) is 0 Å². The Morgan fingerprint density at radius 2 is 1.88 bits per heavy atom. The highest BCUT2D eigenvalue weighted by atomic mass is 16.5. The molecule has 1 fully saturated rings. The maximum atomic E-state index is 12.2. The maximum absolute atomic E-state index is 12.2. The van der Waals surface area contributed by atoms with Crippen molar-refractivity contribution in [2.75, 3.05) is 7.11 Å². The van der Waals surface area contributed by atoms with Crippen LogP contribution in [0.2, 0.25) is 0 Å². The number of Topliss-reactive ketones (excluding diaryl/α,β-unsaturated/α-hetero) is 1. The quantitative estimate of drug-likeness (QED) is 0.694. The molecule has 0 heterocycles. The van der Waals surface area contributed by atoms with Crippen LogP contribution in [-0.4, -0.2) is 18.9 Å². The van der Waals surface area contributed by atoms with Gasteiger partial charge in [-0.2, -0.15) is 0 Å². The molecule has 0 aromatic carbocycles. The third-order valence-corrected chi connectivity index (χ3v) is 4.04. The molecule has 1 aliphatic rings. The fourth-order valence-electron chi connectivity index (χ4n) is 2.82. The molecule has 0 aromatic heterocycles. The Kier molecular flexibility index (Phi) is 5.66. The number of esters is 1. The molecule has 0 aliphatic heterocycles. The number of carbonyl (C=O) groups is 2. The van der Waals surface area contributed by atoms with E-state index < -0.39 is 0 Å². The molecule has 3 nitrogen and oxygen atoms in total. The first-order valence-corrected chi connectivity index (χ1v) is 6.72. The summed E-state index contributed by atoms with van der Waals surface area (Å²) < 4.78 is 4.63. The summed E-state index contributed by atoms with van der Waals surface area (Å²) in [7, 11) is 1.40. The number of hydrogen-bond acceptors (Lipinski definition) is 3. The van der Waals surface area contributed by atoms with Gasteiger partial charge in [0, 0.05) is 18.3 Å². The van der Waals surface area contributed by atoms with Gasteiger partial charge >= 0.3 is 5.97 Å². The van der Waals surface area contributed by atoms with Crippen molar-refractivity contribution in [1.82, 2.24) is 0 Å². The van der Waals surface area contributed by atoms with Crippen LogP contribution in [0.4, 0.5) is 0 Å². The minimum Gasteiger partial charge on any atom is -0.469 e. The van der Waals surface area contributed by atoms with E-state index in [2.05, 4.69) is 18.6 Å². The highest BCUT2D eigenvalue weighted by Crippen LogP contribution is 2.36. The summed E-state index contributed by atoms with van der Waals surface area (Å²) in [5, 5.41) is 0. The third kappa shape index (κ3) is 3.83. The normalized spacial score (nSPS) is 29.1. The predicted molar refractivity (Wildman–Crippen MR) is 66.5 cm³/mol. The van der Waals surface area contributed by atoms with Gasteiger partial charge in [0.2, 0.25) is 0 Å². The number of rotatable bonds is 5. The van der Waals surface area contributed by atoms with Crippen molar-refractivity contribution in [3.05, 3.63) is 0 Å². The first kappa shape index (κ1) is 14.2. The fraction of sp³-hybridized carbons (Fsp3) is 0.857. The SMILES string of the molecule is CCC1CC(CC)C(=O)C(CCC(=O)OC)C1. The minimum atomic E-state index is -0.204. The molecular formula is C14H24O3. The molecule has 3 atom stereocenters. The Morgan fingerprint density at radius 1 is 1.24 bits per heavy atom. The monoisotopic (exact) mass is 240 g/mol. The van der Waals surface area contributed by atoms with Gasteiger partial charge in [0.05, 0.1) is 7.11 Å². The number of hydrogen-bond donors (Lipinski definition) is 0. The Labute approximate surface area is 104 Å². The summed E-state index contributed by atoms with van der Waals surface area (Å²) in [5.74, 6) is 1.12. The minimum absolute atomic E-state index is 0.0812. The highest BCUT2D eigenvalue weighted by molar-refractivity contribution is 5.84. The van der Waals surface area contributed by atoms with E-state index in [9.17, 15) is 9.59 Å². The van der Waals surface area contributed by atoms with Gasteiger partial charge in [-0.15, -0.1) is 0 Å². The molecule has 3 heteroatoms. The van der Waals surface area contributed by atoms with Crippen molar-refractivity contribution in [2.45, 2.75) is 52.4 Å². The lowest BCUT2D eigenvalue weighted by Gasteiger charge is -2.32. The fourth-order valence-corrected chi connectivity index (χ4v) is 2.82. The van der Waals surface area contributed by atoms with Gasteiger partial charge in [-0.1, -0.05) is 20.3 Å². The Hall–Kier alpha value is -0.860. The molecule has 98 valence electrons. The lowest BCUT2D eigenvalue weighted by molar-refractivity contribution is -0.141. The topological polar surface area (TPSA) is 43.4 Å². The van der Waals surface area contributed by atoms with Crippen LogP contribution < -0.4 is 0 Å². The molecule has 1 aliphatic carbocycles. The van der Waals surface area contributed by atoms with E-state index in [1.807, 2.05) is 0 Å². The van der Waals surface area contributed by atoms with Gasteiger partial charge < -0.3 is 4.74 Å². The number of methoxy groups -OCH3 is 1. The molecule has 0 aromatic rings. The molecule has 0 bridgehead atoms. The summed E-state index contributed by atoms with van der Waals surface area (Å²) >= 11 is 0. The van der Waals surface area contributed by atoms with Crippen LogP contribution in [0.1, 0.15) is 52.4 Å². The van der Waals surface area contributed by atoms with Crippen LogP contribution in [0.5, 0.6) is 0 Å². The molecule has 1 rings (SSSR count). The zero-order valence-electron chi connectivity index (χ0n) is 11.2. The average molecular weight is 240 g/mol. The van der Waals surface area contributed by atoms with Crippen LogP contribution in [-0.2, 0) is 14.3 Å². The zero-order valence-corrected chi connectivity index (χ0v) is 11.2. The highest BCUT2D eigenvalue weighted by Gasteiger charge is 2.34. The smallest absolute Gasteiger partial charge is 0.305 e. The van der Waals surface area contributed by atoms with Crippen molar-refractivity contribution >= 4 is 11.8 Å². The van der Waals surface area contributed by atoms with Crippen molar-refractivity contribution < 1.29 is 14.3 Å². The average Bonchev–Trinajstić information content (AvgIpc) is 2.37. The summed E-state index contributed by atoms with van der Waals surface area (Å²) in [4.78, 5) is 23.3. The molecule has 0 spiro atoms. The van der Waals surface area contributed by atoms with E-state index in [0.717, 1.165) is 25.7 Å². The molecule has 17 heavy (non-hydrogen) atoms. The van der Waals surface area contributed by atoms with Crippen molar-refractivity contribution in [3.8, 4) is 0 Å². The van der Waals surface area contributed by atoms with Crippen molar-refractivity contribution in [1.29, 1.82) is 0 Å². The standard InChI is InChI=1S/C14H24O3/c1-4-10-8-11(5-2)14(16)12(9-10)6-7-13(15)17-3/h10-12H,4-9H2,1-3H3. The molecule has 0 saturated heterocycles. The maximum Gasteiger partial charge on any atom is 0.305 e. The molecule has 1 saturated carbocycles. The number of carbonyl (C=O) groups excluding carboxylic acids is 2. The molecule has 3 unspecified atom stereocenters. The third-order valence-electron chi connectivity index (χ3n) is 4.04. The van der Waals surface area contributed by atoms with Crippen LogP contribution in [0.3, 0.4) is 0 Å².